The van der Waals surface area contributed by atoms with Crippen LogP contribution in [0.4, 0.5) is 0 Å². The zero-order chi connectivity index (χ0) is 19.4. The van der Waals surface area contributed by atoms with Gasteiger partial charge in [0.05, 0.1) is 22.8 Å². The summed E-state index contributed by atoms with van der Waals surface area (Å²) in [5.74, 6) is -2.52. The fourth-order valence-corrected chi connectivity index (χ4v) is 3.10. The number of allylic oxidation sites excluding steroid dienone is 2. The van der Waals surface area contributed by atoms with E-state index in [1.54, 1.807) is 62.8 Å². The molecular formula is C20H19N3O4. The fourth-order valence-electron chi connectivity index (χ4n) is 3.10. The molecule has 7 heteroatoms. The lowest BCUT2D eigenvalue weighted by Gasteiger charge is -2.29. The average molecular weight is 365 g/mol. The number of carbonyl (C=O) groups is 2. The monoisotopic (exact) mass is 365 g/mol. The molecule has 0 aliphatic carbocycles. The van der Waals surface area contributed by atoms with Gasteiger partial charge in [0.2, 0.25) is 0 Å². The second-order valence-electron chi connectivity index (χ2n) is 6.13. The highest BCUT2D eigenvalue weighted by molar-refractivity contribution is 5.99. The number of hydrogen-bond acceptors (Lipinski definition) is 6. The molecule has 1 aliphatic heterocycles. The molecule has 0 fully saturated rings. The van der Waals surface area contributed by atoms with Crippen molar-refractivity contribution in [1.82, 2.24) is 15.3 Å². The van der Waals surface area contributed by atoms with Gasteiger partial charge in [-0.05, 0) is 32.0 Å². The van der Waals surface area contributed by atoms with Gasteiger partial charge in [-0.25, -0.2) is 9.59 Å². The summed E-state index contributed by atoms with van der Waals surface area (Å²) in [7, 11) is 0. The Kier molecular flexibility index (Phi) is 5.30. The highest BCUT2D eigenvalue weighted by atomic mass is 16.5. The van der Waals surface area contributed by atoms with Crippen LogP contribution in [0.15, 0.2) is 71.5 Å². The number of hydrogen-bond donors (Lipinski definition) is 2. The van der Waals surface area contributed by atoms with Crippen molar-refractivity contribution in [1.29, 1.82) is 0 Å². The van der Waals surface area contributed by atoms with Gasteiger partial charge in [0.25, 0.3) is 0 Å². The number of rotatable bonds is 5. The molecule has 27 heavy (non-hydrogen) atoms. The maximum atomic E-state index is 12.9. The van der Waals surface area contributed by atoms with Crippen LogP contribution in [0.2, 0.25) is 0 Å². The van der Waals surface area contributed by atoms with Crippen LogP contribution in [0.1, 0.15) is 31.0 Å². The van der Waals surface area contributed by atoms with Crippen LogP contribution in [-0.4, -0.2) is 27.0 Å². The quantitative estimate of drug-likeness (QED) is 0.785. The largest absolute Gasteiger partial charge is 0.478 e. The Morgan fingerprint density at radius 1 is 1.11 bits per heavy atom. The van der Waals surface area contributed by atoms with Crippen LogP contribution in [0.5, 0.6) is 0 Å². The highest BCUT2D eigenvalue weighted by Gasteiger charge is 2.38. The standard InChI is InChI=1S/C20H19N3O4/c1-12-16(19(24)25)18(15-7-3-4-9-22-15)17(13(2)23-12)20(26)27-11-14-6-5-8-21-10-14/h3-10,18,23H,11H2,1-2H3,(H,24,25). The summed E-state index contributed by atoms with van der Waals surface area (Å²) < 4.78 is 5.43. The molecule has 1 atom stereocenters. The topological polar surface area (TPSA) is 101 Å². The summed E-state index contributed by atoms with van der Waals surface area (Å²) in [5.41, 5.74) is 2.55. The van der Waals surface area contributed by atoms with Crippen molar-refractivity contribution < 1.29 is 19.4 Å². The van der Waals surface area contributed by atoms with E-state index in [0.29, 0.717) is 17.1 Å². The first-order valence-corrected chi connectivity index (χ1v) is 8.38. The molecule has 7 nitrogen and oxygen atoms in total. The molecule has 0 amide bonds. The van der Waals surface area contributed by atoms with Crippen LogP contribution in [0, 0.1) is 0 Å². The van der Waals surface area contributed by atoms with Crippen LogP contribution >= 0.6 is 0 Å². The molecule has 138 valence electrons. The van der Waals surface area contributed by atoms with Crippen molar-refractivity contribution in [2.75, 3.05) is 0 Å². The van der Waals surface area contributed by atoms with Crippen LogP contribution in [-0.2, 0) is 20.9 Å². The Balaban J connectivity index is 1.96. The summed E-state index contributed by atoms with van der Waals surface area (Å²) >= 11 is 0. The Morgan fingerprint density at radius 3 is 2.52 bits per heavy atom. The van der Waals surface area contributed by atoms with Crippen LogP contribution in [0.3, 0.4) is 0 Å². The number of aliphatic carboxylic acids is 1. The van der Waals surface area contributed by atoms with Gasteiger partial charge in [-0.2, -0.15) is 0 Å². The minimum absolute atomic E-state index is 0.0451. The number of pyridine rings is 2. The first kappa shape index (κ1) is 18.3. The van der Waals surface area contributed by atoms with E-state index in [1.165, 1.54) is 0 Å². The molecule has 1 unspecified atom stereocenters. The normalized spacial score (nSPS) is 16.7. The third-order valence-electron chi connectivity index (χ3n) is 4.29. The number of carbonyl (C=O) groups excluding carboxylic acids is 1. The van der Waals surface area contributed by atoms with Gasteiger partial charge in [-0.1, -0.05) is 12.1 Å². The van der Waals surface area contributed by atoms with Gasteiger partial charge in [-0.15, -0.1) is 0 Å². The van der Waals surface area contributed by atoms with Crippen molar-refractivity contribution in [3.63, 3.8) is 0 Å². The van der Waals surface area contributed by atoms with Gasteiger partial charge in [-0.3, -0.25) is 9.97 Å². The predicted octanol–water partition coefficient (Wildman–Crippen LogP) is 2.54. The predicted molar refractivity (Wildman–Crippen MR) is 97.2 cm³/mol. The van der Waals surface area contributed by atoms with Gasteiger partial charge in [0.1, 0.15) is 6.61 Å². The van der Waals surface area contributed by atoms with E-state index >= 15 is 0 Å². The van der Waals surface area contributed by atoms with E-state index in [4.69, 9.17) is 4.74 Å². The molecule has 0 radical (unpaired) electrons. The van der Waals surface area contributed by atoms with Crippen molar-refractivity contribution in [2.24, 2.45) is 0 Å². The molecular weight excluding hydrogens is 346 g/mol. The lowest BCUT2D eigenvalue weighted by atomic mass is 9.83. The number of esters is 1. The molecule has 3 heterocycles. The summed E-state index contributed by atoms with van der Waals surface area (Å²) in [4.78, 5) is 33.0. The van der Waals surface area contributed by atoms with Crippen molar-refractivity contribution >= 4 is 11.9 Å². The third kappa shape index (κ3) is 3.87. The molecule has 2 aromatic heterocycles. The molecule has 0 saturated heterocycles. The minimum atomic E-state index is -1.11. The third-order valence-corrected chi connectivity index (χ3v) is 4.29. The molecule has 0 saturated carbocycles. The van der Waals surface area contributed by atoms with Gasteiger partial charge in [0, 0.05) is 35.5 Å². The number of carboxylic acids is 1. The SMILES string of the molecule is CC1=C(C(=O)O)C(c2ccccn2)C(C(=O)OCc2cccnc2)=C(C)N1. The summed E-state index contributed by atoms with van der Waals surface area (Å²) in [5, 5.41) is 12.7. The number of nitrogens with zero attached hydrogens (tertiary/aromatic N) is 2. The highest BCUT2D eigenvalue weighted by Crippen LogP contribution is 2.37. The van der Waals surface area contributed by atoms with E-state index in [2.05, 4.69) is 15.3 Å². The van der Waals surface area contributed by atoms with Gasteiger partial charge in [0.15, 0.2) is 0 Å². The number of ether oxygens (including phenoxy) is 1. The Labute approximate surface area is 156 Å². The number of carboxylic acid groups (broad SMARTS) is 1. The van der Waals surface area contributed by atoms with E-state index in [0.717, 1.165) is 5.56 Å². The van der Waals surface area contributed by atoms with Crippen molar-refractivity contribution in [2.45, 2.75) is 26.4 Å². The second-order valence-corrected chi connectivity index (χ2v) is 6.13. The number of aromatic nitrogens is 2. The molecule has 0 bridgehead atoms. The molecule has 0 aromatic carbocycles. The van der Waals surface area contributed by atoms with Crippen molar-refractivity contribution in [3.05, 3.63) is 82.7 Å². The Bertz CT molecular complexity index is 921. The maximum Gasteiger partial charge on any atom is 0.337 e. The lowest BCUT2D eigenvalue weighted by Crippen LogP contribution is -2.32. The summed E-state index contributed by atoms with van der Waals surface area (Å²) in [6.45, 7) is 3.43. The first-order chi connectivity index (χ1) is 13.0. The van der Waals surface area contributed by atoms with E-state index in [9.17, 15) is 14.7 Å². The van der Waals surface area contributed by atoms with Crippen LogP contribution in [0.25, 0.3) is 0 Å². The zero-order valence-electron chi connectivity index (χ0n) is 15.0. The molecule has 2 N–H and O–H groups in total. The lowest BCUT2D eigenvalue weighted by molar-refractivity contribution is -0.140. The van der Waals surface area contributed by atoms with E-state index < -0.39 is 17.9 Å². The van der Waals surface area contributed by atoms with E-state index in [-0.39, 0.29) is 17.8 Å². The maximum absolute atomic E-state index is 12.9. The Hall–Kier alpha value is -3.48. The van der Waals surface area contributed by atoms with Gasteiger partial charge < -0.3 is 15.2 Å². The van der Waals surface area contributed by atoms with Gasteiger partial charge >= 0.3 is 11.9 Å². The molecule has 2 aromatic rings. The summed E-state index contributed by atoms with van der Waals surface area (Å²) in [6, 6.07) is 8.74. The Morgan fingerprint density at radius 2 is 1.89 bits per heavy atom. The van der Waals surface area contributed by atoms with Crippen molar-refractivity contribution in [3.8, 4) is 0 Å². The molecule has 1 aliphatic rings. The number of nitrogens with one attached hydrogen (secondary N) is 1. The first-order valence-electron chi connectivity index (χ1n) is 8.38. The second kappa shape index (κ2) is 7.82. The number of dihydropyridines is 1. The van der Waals surface area contributed by atoms with E-state index in [1.807, 2.05) is 0 Å². The molecule has 0 spiro atoms. The fraction of sp³-hybridized carbons (Fsp3) is 0.200. The molecule has 3 rings (SSSR count). The zero-order valence-corrected chi connectivity index (χ0v) is 15.0. The smallest absolute Gasteiger partial charge is 0.337 e. The minimum Gasteiger partial charge on any atom is -0.478 e. The van der Waals surface area contributed by atoms with Crippen LogP contribution < -0.4 is 5.32 Å². The summed E-state index contributed by atoms with van der Waals surface area (Å²) in [6.07, 6.45) is 4.81. The average Bonchev–Trinajstić information content (AvgIpc) is 2.66.